The van der Waals surface area contributed by atoms with Gasteiger partial charge in [-0.25, -0.2) is 13.5 Å². The Labute approximate surface area is 184 Å². The van der Waals surface area contributed by atoms with Crippen molar-refractivity contribution in [2.45, 2.75) is 32.0 Å². The first-order valence-electron chi connectivity index (χ1n) is 9.02. The van der Waals surface area contributed by atoms with E-state index in [0.29, 0.717) is 11.4 Å². The number of hydrogen-bond acceptors (Lipinski definition) is 8. The first-order chi connectivity index (χ1) is 14.8. The van der Waals surface area contributed by atoms with Crippen molar-refractivity contribution in [3.05, 3.63) is 45.7 Å². The fourth-order valence-electron chi connectivity index (χ4n) is 2.49. The van der Waals surface area contributed by atoms with Crippen LogP contribution in [0.3, 0.4) is 0 Å². The molecule has 0 bridgehead atoms. The number of nitrogens with zero attached hydrogens (tertiary/aromatic N) is 6. The molecule has 3 heterocycles. The van der Waals surface area contributed by atoms with Gasteiger partial charge >= 0.3 is 0 Å². The lowest BCUT2D eigenvalue weighted by Crippen LogP contribution is -2.18. The Morgan fingerprint density at radius 3 is 2.87 bits per heavy atom. The molecule has 0 saturated carbocycles. The third-order valence-corrected chi connectivity index (χ3v) is 5.09. The molecule has 1 atom stereocenters. The van der Waals surface area contributed by atoms with E-state index < -0.39 is 23.8 Å². The van der Waals surface area contributed by atoms with Crippen LogP contribution in [-0.4, -0.2) is 55.2 Å². The Morgan fingerprint density at radius 1 is 1.32 bits per heavy atom. The van der Waals surface area contributed by atoms with E-state index in [1.165, 1.54) is 24.1 Å². The Bertz CT molecular complexity index is 1080. The Morgan fingerprint density at radius 2 is 2.13 bits per heavy atom. The monoisotopic (exact) mass is 470 g/mol. The normalized spacial score (nSPS) is 11.9. The van der Waals surface area contributed by atoms with Crippen molar-refractivity contribution in [1.82, 2.24) is 35.5 Å². The molecule has 0 radical (unpaired) electrons. The van der Waals surface area contributed by atoms with Crippen LogP contribution in [-0.2, 0) is 24.2 Å². The molecule has 10 nitrogen and oxygen atoms in total. The van der Waals surface area contributed by atoms with E-state index in [2.05, 4.69) is 36.1 Å². The molecule has 3 rings (SSSR count). The maximum atomic E-state index is 14.2. The summed E-state index contributed by atoms with van der Waals surface area (Å²) >= 11 is 6.73. The summed E-state index contributed by atoms with van der Waals surface area (Å²) in [6.07, 6.45) is 1.50. The zero-order valence-electron chi connectivity index (χ0n) is 16.2. The van der Waals surface area contributed by atoms with Crippen LogP contribution in [0.2, 0.25) is 5.02 Å². The summed E-state index contributed by atoms with van der Waals surface area (Å²) in [6.45, 7) is -0.0634. The van der Waals surface area contributed by atoms with Crippen LogP contribution >= 0.6 is 22.9 Å². The molecule has 0 aromatic carbocycles. The van der Waals surface area contributed by atoms with Crippen LogP contribution in [0.1, 0.15) is 27.6 Å². The second-order valence-corrected chi connectivity index (χ2v) is 7.85. The van der Waals surface area contributed by atoms with E-state index >= 15 is 0 Å². The Hall–Kier alpha value is -3.06. The number of carbonyl (C=O) groups is 2. The molecule has 0 spiro atoms. The molecule has 2 N–H and O–H groups in total. The summed E-state index contributed by atoms with van der Waals surface area (Å²) in [7, 11) is 1.46. The maximum absolute atomic E-state index is 14.2. The number of nitrogens with one attached hydrogen (secondary N) is 2. The highest BCUT2D eigenvalue weighted by molar-refractivity contribution is 7.15. The third kappa shape index (κ3) is 6.46. The third-order valence-electron chi connectivity index (χ3n) is 3.98. The van der Waals surface area contributed by atoms with Gasteiger partial charge in [0.25, 0.3) is 5.91 Å². The molecule has 1 unspecified atom stereocenters. The number of halogens is 3. The molecule has 0 saturated heterocycles. The largest absolute Gasteiger partial charge is 0.354 e. The highest BCUT2D eigenvalue weighted by Crippen LogP contribution is 2.19. The first kappa shape index (κ1) is 22.6. The van der Waals surface area contributed by atoms with Gasteiger partial charge in [-0.2, -0.15) is 0 Å². The van der Waals surface area contributed by atoms with Gasteiger partial charge in [0.1, 0.15) is 17.0 Å². The average Bonchev–Trinajstić information content (AvgIpc) is 3.37. The summed E-state index contributed by atoms with van der Waals surface area (Å²) in [4.78, 5) is 27.3. The van der Waals surface area contributed by atoms with Gasteiger partial charge in [0, 0.05) is 19.7 Å². The van der Waals surface area contributed by atoms with Crippen LogP contribution < -0.4 is 10.6 Å². The number of rotatable bonds is 9. The minimum absolute atomic E-state index is 0.0420. The quantitative estimate of drug-likeness (QED) is 0.488. The molecule has 0 fully saturated rings. The lowest BCUT2D eigenvalue weighted by molar-refractivity contribution is -0.115. The van der Waals surface area contributed by atoms with E-state index in [0.717, 1.165) is 17.4 Å². The molecule has 164 valence electrons. The minimum Gasteiger partial charge on any atom is -0.354 e. The number of carbonyl (C=O) groups excluding carboxylic acids is 2. The zero-order chi connectivity index (χ0) is 22.4. The second kappa shape index (κ2) is 10.3. The lowest BCUT2D eigenvalue weighted by atomic mass is 10.2. The van der Waals surface area contributed by atoms with Crippen LogP contribution in [0.5, 0.6) is 0 Å². The van der Waals surface area contributed by atoms with Crippen LogP contribution in [0, 0.1) is 5.82 Å². The number of alkyl halides is 1. The standard InChI is InChI=1S/C17H17ClF2N8O2S/c1-21-16(30)13-8-28(27-24-13)7-10(19)2-3-15-25-26-17(31-15)23-14(29)5-12-11(20)4-9(18)6-22-12/h4,6,8,10H,2-3,5,7H2,1H3,(H,21,30)(H,23,26,29). The smallest absolute Gasteiger partial charge is 0.273 e. The molecular formula is C17H17ClF2N8O2S. The molecule has 3 aromatic rings. The SMILES string of the molecule is CNC(=O)c1cn(CC(F)CCc2nnc(NC(=O)Cc3ncc(Cl)cc3F)s2)nn1. The average molecular weight is 471 g/mol. The van der Waals surface area contributed by atoms with Crippen molar-refractivity contribution >= 4 is 39.9 Å². The number of pyridine rings is 1. The van der Waals surface area contributed by atoms with Crippen molar-refractivity contribution in [2.75, 3.05) is 12.4 Å². The van der Waals surface area contributed by atoms with E-state index in [4.69, 9.17) is 11.6 Å². The number of amides is 2. The minimum atomic E-state index is -1.25. The van der Waals surface area contributed by atoms with Crippen LogP contribution in [0.4, 0.5) is 13.9 Å². The highest BCUT2D eigenvalue weighted by atomic mass is 35.5. The summed E-state index contributed by atoms with van der Waals surface area (Å²) < 4.78 is 29.2. The highest BCUT2D eigenvalue weighted by Gasteiger charge is 2.16. The molecule has 31 heavy (non-hydrogen) atoms. The summed E-state index contributed by atoms with van der Waals surface area (Å²) in [5.74, 6) is -1.60. The van der Waals surface area contributed by atoms with Gasteiger partial charge in [-0.1, -0.05) is 28.2 Å². The van der Waals surface area contributed by atoms with E-state index in [1.807, 2.05) is 0 Å². The topological polar surface area (TPSA) is 128 Å². The van der Waals surface area contributed by atoms with Crippen molar-refractivity contribution in [3.63, 3.8) is 0 Å². The fraction of sp³-hybridized carbons (Fsp3) is 0.353. The molecule has 2 amide bonds. The maximum Gasteiger partial charge on any atom is 0.273 e. The predicted molar refractivity (Wildman–Crippen MR) is 108 cm³/mol. The van der Waals surface area contributed by atoms with Crippen molar-refractivity contribution in [1.29, 1.82) is 0 Å². The number of hydrogen-bond donors (Lipinski definition) is 2. The first-order valence-corrected chi connectivity index (χ1v) is 10.2. The summed E-state index contributed by atoms with van der Waals surface area (Å²) in [5, 5.41) is 20.9. The second-order valence-electron chi connectivity index (χ2n) is 6.35. The van der Waals surface area contributed by atoms with Gasteiger partial charge in [0.15, 0.2) is 5.69 Å². The number of aromatic nitrogens is 6. The van der Waals surface area contributed by atoms with E-state index in [9.17, 15) is 18.4 Å². The van der Waals surface area contributed by atoms with Gasteiger partial charge in [0.2, 0.25) is 11.0 Å². The van der Waals surface area contributed by atoms with Gasteiger partial charge in [-0.05, 0) is 12.5 Å². The van der Waals surface area contributed by atoms with Gasteiger partial charge < -0.3 is 10.6 Å². The molecule has 0 aliphatic heterocycles. The van der Waals surface area contributed by atoms with Gasteiger partial charge in [0.05, 0.1) is 29.9 Å². The number of aryl methyl sites for hydroxylation is 1. The molecule has 0 aliphatic carbocycles. The van der Waals surface area contributed by atoms with E-state index in [1.54, 1.807) is 0 Å². The van der Waals surface area contributed by atoms with Gasteiger partial charge in [-0.3, -0.25) is 14.6 Å². The Kier molecular flexibility index (Phi) is 7.52. The van der Waals surface area contributed by atoms with Gasteiger partial charge in [-0.15, -0.1) is 15.3 Å². The fourth-order valence-corrected chi connectivity index (χ4v) is 3.40. The molecule has 3 aromatic heterocycles. The molecular weight excluding hydrogens is 454 g/mol. The van der Waals surface area contributed by atoms with E-state index in [-0.39, 0.29) is 40.9 Å². The molecule has 0 aliphatic rings. The summed E-state index contributed by atoms with van der Waals surface area (Å²) in [5.41, 5.74) is 0.0625. The molecule has 14 heteroatoms. The lowest BCUT2D eigenvalue weighted by Gasteiger charge is -2.06. The van der Waals surface area contributed by atoms with Crippen LogP contribution in [0.25, 0.3) is 0 Å². The summed E-state index contributed by atoms with van der Waals surface area (Å²) in [6, 6.07) is 1.08. The zero-order valence-corrected chi connectivity index (χ0v) is 17.8. The van der Waals surface area contributed by atoms with Crippen molar-refractivity contribution < 1.29 is 18.4 Å². The number of anilines is 1. The Balaban J connectivity index is 1.46. The van der Waals surface area contributed by atoms with Crippen molar-refractivity contribution in [2.24, 2.45) is 0 Å². The van der Waals surface area contributed by atoms with Crippen molar-refractivity contribution in [3.8, 4) is 0 Å². The predicted octanol–water partition coefficient (Wildman–Crippen LogP) is 1.83. The van der Waals surface area contributed by atoms with Crippen LogP contribution in [0.15, 0.2) is 18.5 Å².